The zero-order chi connectivity index (χ0) is 13.7. The molecule has 0 aliphatic carbocycles. The average molecular weight is 262 g/mol. The van der Waals surface area contributed by atoms with E-state index in [1.807, 2.05) is 29.8 Å². The van der Waals surface area contributed by atoms with Gasteiger partial charge in [-0.2, -0.15) is 15.0 Å². The van der Waals surface area contributed by atoms with E-state index in [4.69, 9.17) is 0 Å². The van der Waals surface area contributed by atoms with E-state index in [2.05, 4.69) is 30.6 Å². The summed E-state index contributed by atoms with van der Waals surface area (Å²) in [7, 11) is 5.57. The minimum Gasteiger partial charge on any atom is -0.357 e. The third kappa shape index (κ3) is 3.54. The fourth-order valence-corrected chi connectivity index (χ4v) is 1.47. The highest BCUT2D eigenvalue weighted by Crippen LogP contribution is 2.10. The van der Waals surface area contributed by atoms with Crippen molar-refractivity contribution in [3.8, 4) is 0 Å². The molecular weight excluding hydrogens is 244 g/mol. The molecular formula is C11H18N8. The highest BCUT2D eigenvalue weighted by atomic mass is 15.3. The van der Waals surface area contributed by atoms with E-state index in [1.54, 1.807) is 19.6 Å². The molecule has 0 saturated carbocycles. The van der Waals surface area contributed by atoms with Crippen molar-refractivity contribution in [2.45, 2.75) is 6.54 Å². The zero-order valence-corrected chi connectivity index (χ0v) is 11.3. The molecule has 0 spiro atoms. The molecule has 0 aliphatic rings. The lowest BCUT2D eigenvalue weighted by atomic mass is 10.6. The van der Waals surface area contributed by atoms with Crippen molar-refractivity contribution in [3.05, 3.63) is 18.7 Å². The molecule has 2 aromatic heterocycles. The summed E-state index contributed by atoms with van der Waals surface area (Å²) in [6, 6.07) is 0. The van der Waals surface area contributed by atoms with Crippen molar-refractivity contribution < 1.29 is 0 Å². The lowest BCUT2D eigenvalue weighted by molar-refractivity contribution is 0.722. The Bertz CT molecular complexity index is 507. The molecule has 0 fully saturated rings. The largest absolute Gasteiger partial charge is 0.357 e. The molecule has 0 aromatic carbocycles. The molecule has 2 rings (SSSR count). The summed E-state index contributed by atoms with van der Waals surface area (Å²) in [4.78, 5) is 18.7. The van der Waals surface area contributed by atoms with Gasteiger partial charge in [-0.25, -0.2) is 4.98 Å². The molecule has 0 bridgehead atoms. The first-order valence-corrected chi connectivity index (χ1v) is 6.00. The van der Waals surface area contributed by atoms with Crippen molar-refractivity contribution in [2.75, 3.05) is 43.2 Å². The lowest BCUT2D eigenvalue weighted by Gasteiger charge is -2.13. The van der Waals surface area contributed by atoms with Crippen LogP contribution in [0.5, 0.6) is 0 Å². The number of hydrogen-bond donors (Lipinski definition) is 2. The minimum atomic E-state index is 0.545. The predicted octanol–water partition coefficient (Wildman–Crippen LogP) is 0.288. The summed E-state index contributed by atoms with van der Waals surface area (Å²) in [6.45, 7) is 1.52. The van der Waals surface area contributed by atoms with Gasteiger partial charge in [-0.15, -0.1) is 0 Å². The van der Waals surface area contributed by atoms with Crippen LogP contribution in [0, 0.1) is 0 Å². The number of nitrogens with zero attached hydrogens (tertiary/aromatic N) is 6. The zero-order valence-electron chi connectivity index (χ0n) is 11.3. The van der Waals surface area contributed by atoms with Gasteiger partial charge in [-0.3, -0.25) is 0 Å². The number of aromatic nitrogens is 5. The Morgan fingerprint density at radius 3 is 2.63 bits per heavy atom. The molecule has 8 nitrogen and oxygen atoms in total. The molecule has 102 valence electrons. The van der Waals surface area contributed by atoms with E-state index in [9.17, 15) is 0 Å². The SMILES string of the molecule is CNc1nc(NCCn2ccnc2)nc(N(C)C)n1. The molecule has 2 heterocycles. The van der Waals surface area contributed by atoms with Gasteiger partial charge in [0.05, 0.1) is 6.33 Å². The molecule has 0 amide bonds. The molecule has 2 N–H and O–H groups in total. The van der Waals surface area contributed by atoms with E-state index in [0.717, 1.165) is 13.1 Å². The molecule has 0 atom stereocenters. The van der Waals surface area contributed by atoms with Crippen LogP contribution in [0.4, 0.5) is 17.8 Å². The third-order valence-electron chi connectivity index (χ3n) is 2.46. The maximum Gasteiger partial charge on any atom is 0.231 e. The standard InChI is InChI=1S/C11H18N8/c1-12-9-15-10(17-11(16-9)18(2)3)14-5-7-19-6-4-13-8-19/h4,6,8H,5,7H2,1-3H3,(H2,12,14,15,16,17). The van der Waals surface area contributed by atoms with Crippen LogP contribution in [-0.4, -0.2) is 52.2 Å². The fourth-order valence-electron chi connectivity index (χ4n) is 1.47. The van der Waals surface area contributed by atoms with E-state index in [0.29, 0.717) is 17.8 Å². The minimum absolute atomic E-state index is 0.545. The van der Waals surface area contributed by atoms with Gasteiger partial charge in [0.1, 0.15) is 0 Å². The van der Waals surface area contributed by atoms with Crippen molar-refractivity contribution in [2.24, 2.45) is 0 Å². The second-order valence-corrected chi connectivity index (χ2v) is 4.15. The monoisotopic (exact) mass is 262 g/mol. The Labute approximate surface area is 111 Å². The Morgan fingerprint density at radius 2 is 2.00 bits per heavy atom. The highest BCUT2D eigenvalue weighted by molar-refractivity contribution is 5.42. The second kappa shape index (κ2) is 5.98. The average Bonchev–Trinajstić information content (AvgIpc) is 2.91. The first-order valence-electron chi connectivity index (χ1n) is 6.00. The van der Waals surface area contributed by atoms with Crippen LogP contribution in [0.25, 0.3) is 0 Å². The predicted molar refractivity (Wildman–Crippen MR) is 74.4 cm³/mol. The van der Waals surface area contributed by atoms with E-state index in [-0.39, 0.29) is 0 Å². The van der Waals surface area contributed by atoms with Crippen molar-refractivity contribution >= 4 is 17.8 Å². The van der Waals surface area contributed by atoms with Crippen LogP contribution in [-0.2, 0) is 6.54 Å². The third-order valence-corrected chi connectivity index (χ3v) is 2.46. The van der Waals surface area contributed by atoms with Crippen LogP contribution in [0.2, 0.25) is 0 Å². The van der Waals surface area contributed by atoms with Gasteiger partial charge in [0.2, 0.25) is 17.8 Å². The van der Waals surface area contributed by atoms with Crippen LogP contribution < -0.4 is 15.5 Å². The van der Waals surface area contributed by atoms with Gasteiger partial charge in [0, 0.05) is 46.6 Å². The number of nitrogens with one attached hydrogen (secondary N) is 2. The molecule has 0 unspecified atom stereocenters. The lowest BCUT2D eigenvalue weighted by Crippen LogP contribution is -2.17. The second-order valence-electron chi connectivity index (χ2n) is 4.15. The van der Waals surface area contributed by atoms with Crippen molar-refractivity contribution in [3.63, 3.8) is 0 Å². The summed E-state index contributed by atoms with van der Waals surface area (Å²) in [5, 5.41) is 6.10. The van der Waals surface area contributed by atoms with Gasteiger partial charge in [0.25, 0.3) is 0 Å². The summed E-state index contributed by atoms with van der Waals surface area (Å²) >= 11 is 0. The number of anilines is 3. The van der Waals surface area contributed by atoms with E-state index < -0.39 is 0 Å². The Morgan fingerprint density at radius 1 is 1.21 bits per heavy atom. The summed E-state index contributed by atoms with van der Waals surface area (Å²) in [5.41, 5.74) is 0. The number of hydrogen-bond acceptors (Lipinski definition) is 7. The van der Waals surface area contributed by atoms with Gasteiger partial charge in [-0.05, 0) is 0 Å². The normalized spacial score (nSPS) is 10.3. The van der Waals surface area contributed by atoms with Crippen molar-refractivity contribution in [1.29, 1.82) is 0 Å². The van der Waals surface area contributed by atoms with Gasteiger partial charge in [-0.1, -0.05) is 0 Å². The summed E-state index contributed by atoms with van der Waals surface area (Å²) in [5.74, 6) is 1.72. The van der Waals surface area contributed by atoms with Crippen LogP contribution in [0.15, 0.2) is 18.7 Å². The topological polar surface area (TPSA) is 83.8 Å². The molecule has 8 heteroatoms. The number of rotatable bonds is 6. The number of imidazole rings is 1. The Balaban J connectivity index is 2.00. The van der Waals surface area contributed by atoms with Crippen LogP contribution >= 0.6 is 0 Å². The van der Waals surface area contributed by atoms with Crippen LogP contribution in [0.3, 0.4) is 0 Å². The summed E-state index contributed by atoms with van der Waals surface area (Å²) in [6.07, 6.45) is 5.45. The smallest absolute Gasteiger partial charge is 0.231 e. The molecule has 0 radical (unpaired) electrons. The Hall–Kier alpha value is -2.38. The molecule has 2 aromatic rings. The van der Waals surface area contributed by atoms with Gasteiger partial charge in [0.15, 0.2) is 0 Å². The van der Waals surface area contributed by atoms with Crippen molar-refractivity contribution in [1.82, 2.24) is 24.5 Å². The van der Waals surface area contributed by atoms with E-state index in [1.165, 1.54) is 0 Å². The maximum absolute atomic E-state index is 4.33. The Kier molecular flexibility index (Phi) is 4.11. The molecule has 19 heavy (non-hydrogen) atoms. The van der Waals surface area contributed by atoms with Crippen LogP contribution in [0.1, 0.15) is 0 Å². The quantitative estimate of drug-likeness (QED) is 0.774. The maximum atomic E-state index is 4.33. The highest BCUT2D eigenvalue weighted by Gasteiger charge is 2.06. The molecule has 0 saturated heterocycles. The first-order chi connectivity index (χ1) is 9.19. The van der Waals surface area contributed by atoms with E-state index >= 15 is 0 Å². The first kappa shape index (κ1) is 13.1. The summed E-state index contributed by atoms with van der Waals surface area (Å²) < 4.78 is 1.99. The van der Waals surface area contributed by atoms with Gasteiger partial charge < -0.3 is 20.1 Å². The van der Waals surface area contributed by atoms with Gasteiger partial charge >= 0.3 is 0 Å². The fraction of sp³-hybridized carbons (Fsp3) is 0.455. The molecule has 0 aliphatic heterocycles.